The molecular formula is C21H20ClN7O. The minimum absolute atomic E-state index is 0.652. The average Bonchev–Trinajstić information content (AvgIpc) is 3.16. The zero-order valence-corrected chi connectivity index (χ0v) is 17.2. The molecular weight excluding hydrogens is 402 g/mol. The van der Waals surface area contributed by atoms with Crippen molar-refractivity contribution in [2.45, 2.75) is 0 Å². The number of fused-ring (bicyclic) bond motifs is 1. The Labute approximate surface area is 178 Å². The van der Waals surface area contributed by atoms with E-state index in [1.807, 2.05) is 49.5 Å². The molecule has 5 rings (SSSR count). The maximum Gasteiger partial charge on any atom is 0.228 e. The average molecular weight is 422 g/mol. The van der Waals surface area contributed by atoms with E-state index in [0.29, 0.717) is 30.0 Å². The number of nitrogens with one attached hydrogen (secondary N) is 1. The highest BCUT2D eigenvalue weighted by Crippen LogP contribution is 2.26. The third-order valence-corrected chi connectivity index (χ3v) is 5.22. The van der Waals surface area contributed by atoms with Gasteiger partial charge in [0.2, 0.25) is 5.95 Å². The Morgan fingerprint density at radius 2 is 1.77 bits per heavy atom. The minimum atomic E-state index is 0.652. The molecule has 152 valence electrons. The fourth-order valence-electron chi connectivity index (χ4n) is 3.38. The van der Waals surface area contributed by atoms with Gasteiger partial charge in [-0.25, -0.2) is 9.97 Å². The number of aryl methyl sites for hydroxylation is 1. The van der Waals surface area contributed by atoms with Crippen molar-refractivity contribution < 1.29 is 4.74 Å². The lowest BCUT2D eigenvalue weighted by Gasteiger charge is -2.27. The molecule has 0 spiro atoms. The number of nitrogens with zero attached hydrogens (tertiary/aromatic N) is 6. The number of hydrogen-bond acceptors (Lipinski definition) is 7. The number of aromatic nitrogens is 5. The fourth-order valence-corrected chi connectivity index (χ4v) is 3.51. The van der Waals surface area contributed by atoms with E-state index in [0.717, 1.165) is 41.2 Å². The third-order valence-electron chi connectivity index (χ3n) is 4.97. The van der Waals surface area contributed by atoms with E-state index in [4.69, 9.17) is 31.3 Å². The van der Waals surface area contributed by atoms with Crippen molar-refractivity contribution in [2.75, 3.05) is 36.5 Å². The Bertz CT molecular complexity index is 1190. The molecule has 4 heterocycles. The summed E-state index contributed by atoms with van der Waals surface area (Å²) in [6.45, 7) is 2.82. The lowest BCUT2D eigenvalue weighted by Crippen LogP contribution is -2.37. The molecule has 0 atom stereocenters. The van der Waals surface area contributed by atoms with Crippen LogP contribution in [0, 0.1) is 0 Å². The first-order valence-electron chi connectivity index (χ1n) is 9.69. The topological polar surface area (TPSA) is 81.0 Å². The molecule has 0 unspecified atom stereocenters. The zero-order chi connectivity index (χ0) is 20.5. The molecule has 0 aliphatic carbocycles. The van der Waals surface area contributed by atoms with Crippen LogP contribution < -0.4 is 10.2 Å². The molecule has 0 saturated carbocycles. The van der Waals surface area contributed by atoms with E-state index in [2.05, 4.69) is 15.3 Å². The van der Waals surface area contributed by atoms with Crippen LogP contribution in [0.2, 0.25) is 5.02 Å². The van der Waals surface area contributed by atoms with Gasteiger partial charge in [0, 0.05) is 42.3 Å². The van der Waals surface area contributed by atoms with Crippen LogP contribution in [0.15, 0.2) is 48.7 Å². The van der Waals surface area contributed by atoms with Crippen molar-refractivity contribution in [3.8, 4) is 11.4 Å². The molecule has 0 bridgehead atoms. The summed E-state index contributed by atoms with van der Waals surface area (Å²) in [7, 11) is 1.88. The number of benzene rings is 1. The summed E-state index contributed by atoms with van der Waals surface area (Å²) in [5, 5.41) is 9.31. The molecule has 3 aromatic heterocycles. The Morgan fingerprint density at radius 3 is 2.57 bits per heavy atom. The predicted molar refractivity (Wildman–Crippen MR) is 117 cm³/mol. The Morgan fingerprint density at radius 1 is 0.967 bits per heavy atom. The normalized spacial score (nSPS) is 14.3. The van der Waals surface area contributed by atoms with Crippen LogP contribution in [0.3, 0.4) is 0 Å². The Balaban J connectivity index is 1.57. The van der Waals surface area contributed by atoms with Gasteiger partial charge in [0.1, 0.15) is 5.82 Å². The largest absolute Gasteiger partial charge is 0.378 e. The maximum atomic E-state index is 6.01. The number of rotatable bonds is 4. The van der Waals surface area contributed by atoms with Crippen LogP contribution in [-0.2, 0) is 11.8 Å². The number of morpholine rings is 1. The predicted octanol–water partition coefficient (Wildman–Crippen LogP) is 3.66. The van der Waals surface area contributed by atoms with Gasteiger partial charge in [-0.15, -0.1) is 0 Å². The van der Waals surface area contributed by atoms with Gasteiger partial charge in [-0.3, -0.25) is 4.68 Å². The number of hydrogen-bond donors (Lipinski definition) is 1. The number of anilines is 3. The highest BCUT2D eigenvalue weighted by molar-refractivity contribution is 6.30. The monoisotopic (exact) mass is 421 g/mol. The molecule has 4 aromatic rings. The Hall–Kier alpha value is -3.23. The first kappa shape index (κ1) is 18.8. The molecule has 0 amide bonds. The minimum Gasteiger partial charge on any atom is -0.378 e. The van der Waals surface area contributed by atoms with Gasteiger partial charge >= 0.3 is 0 Å². The molecule has 1 saturated heterocycles. The molecule has 0 radical (unpaired) electrons. The van der Waals surface area contributed by atoms with E-state index in [1.54, 1.807) is 10.9 Å². The summed E-state index contributed by atoms with van der Waals surface area (Å²) in [5.74, 6) is 1.34. The van der Waals surface area contributed by atoms with E-state index >= 15 is 0 Å². The smallest absolute Gasteiger partial charge is 0.228 e. The maximum absolute atomic E-state index is 6.01. The number of pyridine rings is 1. The van der Waals surface area contributed by atoms with Gasteiger partial charge in [0.25, 0.3) is 0 Å². The van der Waals surface area contributed by atoms with Crippen molar-refractivity contribution in [1.29, 1.82) is 0 Å². The van der Waals surface area contributed by atoms with Crippen molar-refractivity contribution in [1.82, 2.24) is 24.7 Å². The number of ether oxygens (including phenoxy) is 1. The SMILES string of the molecule is Cn1ncc2ccc(-c3cc(Nc4ccc(Cl)cc4)nc(N4CCOCC4)n3)nc21. The molecule has 1 fully saturated rings. The molecule has 1 N–H and O–H groups in total. The summed E-state index contributed by atoms with van der Waals surface area (Å²) < 4.78 is 7.24. The Kier molecular flexibility index (Phi) is 4.94. The second-order valence-corrected chi connectivity index (χ2v) is 7.48. The summed E-state index contributed by atoms with van der Waals surface area (Å²) in [4.78, 5) is 16.5. The number of halogens is 1. The quantitative estimate of drug-likeness (QED) is 0.538. The molecule has 1 aliphatic rings. The first-order chi connectivity index (χ1) is 14.7. The van der Waals surface area contributed by atoms with Gasteiger partial charge in [0.05, 0.1) is 30.8 Å². The second kappa shape index (κ2) is 7.89. The van der Waals surface area contributed by atoms with Crippen molar-refractivity contribution in [3.05, 3.63) is 53.7 Å². The molecule has 30 heavy (non-hydrogen) atoms. The van der Waals surface area contributed by atoms with Crippen LogP contribution >= 0.6 is 11.6 Å². The van der Waals surface area contributed by atoms with E-state index in [1.165, 1.54) is 0 Å². The highest BCUT2D eigenvalue weighted by Gasteiger charge is 2.17. The lowest BCUT2D eigenvalue weighted by atomic mass is 10.2. The van der Waals surface area contributed by atoms with Gasteiger partial charge in [-0.05, 0) is 36.4 Å². The molecule has 9 heteroatoms. The first-order valence-corrected chi connectivity index (χ1v) is 10.1. The van der Waals surface area contributed by atoms with Crippen LogP contribution in [0.4, 0.5) is 17.5 Å². The molecule has 1 aromatic carbocycles. The van der Waals surface area contributed by atoms with E-state index in [9.17, 15) is 0 Å². The fraction of sp³-hybridized carbons (Fsp3) is 0.238. The molecule has 8 nitrogen and oxygen atoms in total. The molecule has 1 aliphatic heterocycles. The van der Waals surface area contributed by atoms with E-state index < -0.39 is 0 Å². The van der Waals surface area contributed by atoms with Crippen LogP contribution in [0.25, 0.3) is 22.4 Å². The summed E-state index contributed by atoms with van der Waals surface area (Å²) >= 11 is 6.01. The van der Waals surface area contributed by atoms with Gasteiger partial charge < -0.3 is 15.0 Å². The highest BCUT2D eigenvalue weighted by atomic mass is 35.5. The van der Waals surface area contributed by atoms with E-state index in [-0.39, 0.29) is 0 Å². The van der Waals surface area contributed by atoms with Gasteiger partial charge in [-0.2, -0.15) is 10.1 Å². The summed E-state index contributed by atoms with van der Waals surface area (Å²) in [6.07, 6.45) is 1.80. The van der Waals surface area contributed by atoms with Crippen LogP contribution in [0.5, 0.6) is 0 Å². The standard InChI is InChI=1S/C21H20ClN7O/c1-28-20-14(13-23-28)2-7-17(25-20)18-12-19(24-16-5-3-15(22)4-6-16)27-21(26-18)29-8-10-30-11-9-29/h2-7,12-13H,8-11H2,1H3,(H,24,26,27). The van der Waals surface area contributed by atoms with Crippen LogP contribution in [-0.4, -0.2) is 51.0 Å². The summed E-state index contributed by atoms with van der Waals surface area (Å²) in [5.41, 5.74) is 3.21. The van der Waals surface area contributed by atoms with Gasteiger partial charge in [-0.1, -0.05) is 11.6 Å². The van der Waals surface area contributed by atoms with Crippen molar-refractivity contribution in [2.24, 2.45) is 7.05 Å². The summed E-state index contributed by atoms with van der Waals surface area (Å²) in [6, 6.07) is 13.4. The zero-order valence-electron chi connectivity index (χ0n) is 16.4. The third kappa shape index (κ3) is 3.79. The second-order valence-electron chi connectivity index (χ2n) is 7.05. The van der Waals surface area contributed by atoms with Gasteiger partial charge in [0.15, 0.2) is 5.65 Å². The van der Waals surface area contributed by atoms with Crippen molar-refractivity contribution in [3.63, 3.8) is 0 Å². The van der Waals surface area contributed by atoms with Crippen LogP contribution in [0.1, 0.15) is 0 Å². The lowest BCUT2D eigenvalue weighted by molar-refractivity contribution is 0.122. The van der Waals surface area contributed by atoms with Crippen molar-refractivity contribution >= 4 is 40.1 Å².